The Labute approximate surface area is 129 Å². The van der Waals surface area contributed by atoms with Gasteiger partial charge in [0.1, 0.15) is 11.7 Å². The Hall–Kier alpha value is -1.88. The predicted octanol–water partition coefficient (Wildman–Crippen LogP) is 2.42. The number of aromatic nitrogens is 2. The molecule has 2 saturated heterocycles. The van der Waals surface area contributed by atoms with Crippen LogP contribution in [0.3, 0.4) is 0 Å². The second kappa shape index (κ2) is 5.09. The summed E-state index contributed by atoms with van der Waals surface area (Å²) in [7, 11) is 2.19. The molecular formula is C17H21N3O2. The van der Waals surface area contributed by atoms with Crippen LogP contribution in [-0.4, -0.2) is 45.7 Å². The van der Waals surface area contributed by atoms with E-state index in [4.69, 9.17) is 4.74 Å². The number of nitrogens with zero attached hydrogens (tertiary/aromatic N) is 3. The quantitative estimate of drug-likeness (QED) is 0.799. The lowest BCUT2D eigenvalue weighted by Gasteiger charge is -2.35. The molecule has 2 bridgehead atoms. The van der Waals surface area contributed by atoms with Crippen LogP contribution in [0.25, 0.3) is 5.52 Å². The van der Waals surface area contributed by atoms with Crippen molar-refractivity contribution in [1.29, 1.82) is 0 Å². The molecule has 2 aromatic rings. The zero-order valence-corrected chi connectivity index (χ0v) is 13.0. The summed E-state index contributed by atoms with van der Waals surface area (Å²) < 4.78 is 7.52. The molecule has 4 rings (SSSR count). The Morgan fingerprint density at radius 2 is 2.05 bits per heavy atom. The molecule has 0 radical (unpaired) electrons. The summed E-state index contributed by atoms with van der Waals surface area (Å²) in [6.07, 6.45) is 7.89. The van der Waals surface area contributed by atoms with Gasteiger partial charge in [-0.15, -0.1) is 0 Å². The van der Waals surface area contributed by atoms with Crippen molar-refractivity contribution in [2.24, 2.45) is 0 Å². The summed E-state index contributed by atoms with van der Waals surface area (Å²) in [4.78, 5) is 15.0. The van der Waals surface area contributed by atoms with Crippen molar-refractivity contribution >= 4 is 11.5 Å². The van der Waals surface area contributed by atoms with Gasteiger partial charge in [-0.05, 0) is 44.5 Å². The number of rotatable bonds is 2. The molecule has 2 fully saturated rings. The average molecular weight is 299 g/mol. The largest absolute Gasteiger partial charge is 0.459 e. The first-order valence-electron chi connectivity index (χ1n) is 7.99. The summed E-state index contributed by atoms with van der Waals surface area (Å²) >= 11 is 0. The fraction of sp³-hybridized carbons (Fsp3) is 0.529. The molecule has 116 valence electrons. The van der Waals surface area contributed by atoms with Crippen molar-refractivity contribution < 1.29 is 9.53 Å². The third kappa shape index (κ3) is 2.20. The maximum atomic E-state index is 12.5. The van der Waals surface area contributed by atoms with E-state index in [0.29, 0.717) is 17.6 Å². The fourth-order valence-corrected chi connectivity index (χ4v) is 3.92. The van der Waals surface area contributed by atoms with Gasteiger partial charge in [-0.3, -0.25) is 0 Å². The molecule has 3 atom stereocenters. The number of aryl methyl sites for hydroxylation is 1. The average Bonchev–Trinajstić information content (AvgIpc) is 2.97. The molecule has 0 N–H and O–H groups in total. The van der Waals surface area contributed by atoms with Gasteiger partial charge in [0.15, 0.2) is 0 Å². The van der Waals surface area contributed by atoms with Crippen LogP contribution in [0.2, 0.25) is 0 Å². The number of hydrogen-bond donors (Lipinski definition) is 0. The summed E-state index contributed by atoms with van der Waals surface area (Å²) in [5.74, 6) is -0.241. The smallest absolute Gasteiger partial charge is 0.342 e. The first-order chi connectivity index (χ1) is 10.6. The van der Waals surface area contributed by atoms with E-state index >= 15 is 0 Å². The van der Waals surface area contributed by atoms with Crippen molar-refractivity contribution in [1.82, 2.24) is 14.5 Å². The molecule has 0 aromatic carbocycles. The van der Waals surface area contributed by atoms with E-state index in [2.05, 4.69) is 17.0 Å². The van der Waals surface area contributed by atoms with Crippen LogP contribution in [-0.2, 0) is 4.74 Å². The van der Waals surface area contributed by atoms with Crippen molar-refractivity contribution in [3.8, 4) is 0 Å². The molecule has 22 heavy (non-hydrogen) atoms. The Balaban J connectivity index is 1.53. The Morgan fingerprint density at radius 1 is 1.32 bits per heavy atom. The Bertz CT molecular complexity index is 710. The SMILES string of the molecule is Cc1ccn2ncc(C(=O)OC3C[C@H]4CC[C@@H](C3)N4C)c2c1. The maximum Gasteiger partial charge on any atom is 0.342 e. The number of esters is 1. The predicted molar refractivity (Wildman–Crippen MR) is 82.9 cm³/mol. The minimum Gasteiger partial charge on any atom is -0.459 e. The fourth-order valence-electron chi connectivity index (χ4n) is 3.92. The highest BCUT2D eigenvalue weighted by Gasteiger charge is 2.40. The van der Waals surface area contributed by atoms with Gasteiger partial charge >= 0.3 is 5.97 Å². The van der Waals surface area contributed by atoms with Crippen LogP contribution >= 0.6 is 0 Å². The molecule has 0 amide bonds. The van der Waals surface area contributed by atoms with Gasteiger partial charge in [0.25, 0.3) is 0 Å². The molecule has 0 aliphatic carbocycles. The van der Waals surface area contributed by atoms with E-state index in [1.165, 1.54) is 12.8 Å². The van der Waals surface area contributed by atoms with Crippen LogP contribution < -0.4 is 0 Å². The topological polar surface area (TPSA) is 46.8 Å². The summed E-state index contributed by atoms with van der Waals surface area (Å²) in [6.45, 7) is 2.01. The number of carbonyl (C=O) groups is 1. The van der Waals surface area contributed by atoms with E-state index in [-0.39, 0.29) is 12.1 Å². The van der Waals surface area contributed by atoms with E-state index in [1.54, 1.807) is 10.7 Å². The van der Waals surface area contributed by atoms with Crippen molar-refractivity contribution in [2.45, 2.75) is 50.8 Å². The number of piperidine rings is 1. The molecule has 5 heteroatoms. The van der Waals surface area contributed by atoms with Gasteiger partial charge in [-0.25, -0.2) is 9.31 Å². The third-order valence-electron chi connectivity index (χ3n) is 5.23. The number of ether oxygens (including phenoxy) is 1. The van der Waals surface area contributed by atoms with Crippen LogP contribution in [0.5, 0.6) is 0 Å². The van der Waals surface area contributed by atoms with Gasteiger partial charge in [-0.1, -0.05) is 0 Å². The highest BCUT2D eigenvalue weighted by molar-refractivity contribution is 5.96. The summed E-state index contributed by atoms with van der Waals surface area (Å²) in [5, 5.41) is 4.24. The van der Waals surface area contributed by atoms with E-state index < -0.39 is 0 Å². The van der Waals surface area contributed by atoms with Gasteiger partial charge in [0, 0.05) is 31.1 Å². The minimum absolute atomic E-state index is 0.0426. The Kier molecular flexibility index (Phi) is 3.18. The second-order valence-corrected chi connectivity index (χ2v) is 6.64. The van der Waals surface area contributed by atoms with E-state index in [1.807, 2.05) is 25.3 Å². The summed E-state index contributed by atoms with van der Waals surface area (Å²) in [5.41, 5.74) is 2.50. The highest BCUT2D eigenvalue weighted by atomic mass is 16.5. The van der Waals surface area contributed by atoms with Crippen molar-refractivity contribution in [3.63, 3.8) is 0 Å². The normalized spacial score (nSPS) is 28.2. The number of hydrogen-bond acceptors (Lipinski definition) is 4. The molecule has 2 aromatic heterocycles. The zero-order chi connectivity index (χ0) is 15.3. The molecule has 5 nitrogen and oxygen atoms in total. The van der Waals surface area contributed by atoms with Gasteiger partial charge in [0.2, 0.25) is 0 Å². The maximum absolute atomic E-state index is 12.5. The van der Waals surface area contributed by atoms with E-state index in [9.17, 15) is 4.79 Å². The lowest BCUT2D eigenvalue weighted by Crippen LogP contribution is -2.43. The zero-order valence-electron chi connectivity index (χ0n) is 13.0. The molecule has 4 heterocycles. The van der Waals surface area contributed by atoms with Gasteiger partial charge in [0.05, 0.1) is 11.7 Å². The van der Waals surface area contributed by atoms with Gasteiger partial charge in [-0.2, -0.15) is 5.10 Å². The van der Waals surface area contributed by atoms with Crippen LogP contribution in [0, 0.1) is 6.92 Å². The Morgan fingerprint density at radius 3 is 2.77 bits per heavy atom. The summed E-state index contributed by atoms with van der Waals surface area (Å²) in [6, 6.07) is 5.09. The first-order valence-corrected chi connectivity index (χ1v) is 7.99. The second-order valence-electron chi connectivity index (χ2n) is 6.64. The molecule has 0 spiro atoms. The molecule has 0 saturated carbocycles. The monoisotopic (exact) mass is 299 g/mol. The minimum atomic E-state index is -0.241. The standard InChI is InChI=1S/C17H21N3O2/c1-11-5-6-20-16(7-11)15(10-18-20)17(21)22-14-8-12-3-4-13(9-14)19(12)2/h5-7,10,12-14H,3-4,8-9H2,1-2H3/t12-,13+,14?. The van der Waals surface area contributed by atoms with Crippen molar-refractivity contribution in [3.05, 3.63) is 35.7 Å². The lowest BCUT2D eigenvalue weighted by atomic mass is 10.0. The van der Waals surface area contributed by atoms with Crippen LogP contribution in [0.4, 0.5) is 0 Å². The first kappa shape index (κ1) is 13.8. The molecule has 2 aliphatic rings. The highest BCUT2D eigenvalue weighted by Crippen LogP contribution is 2.35. The van der Waals surface area contributed by atoms with Crippen LogP contribution in [0.1, 0.15) is 41.6 Å². The number of pyridine rings is 1. The lowest BCUT2D eigenvalue weighted by molar-refractivity contribution is -0.000267. The molecule has 2 aliphatic heterocycles. The molecule has 1 unspecified atom stereocenters. The van der Waals surface area contributed by atoms with Gasteiger partial charge < -0.3 is 9.64 Å². The van der Waals surface area contributed by atoms with Crippen LogP contribution in [0.15, 0.2) is 24.5 Å². The number of fused-ring (bicyclic) bond motifs is 3. The molecular weight excluding hydrogens is 278 g/mol. The third-order valence-corrected chi connectivity index (χ3v) is 5.23. The van der Waals surface area contributed by atoms with E-state index in [0.717, 1.165) is 23.9 Å². The number of carbonyl (C=O) groups excluding carboxylic acids is 1. The van der Waals surface area contributed by atoms with Crippen molar-refractivity contribution in [2.75, 3.05) is 7.05 Å².